The first-order valence-electron chi connectivity index (χ1n) is 16.6. The Morgan fingerprint density at radius 2 is 1.52 bits per heavy atom. The van der Waals surface area contributed by atoms with Crippen molar-refractivity contribution < 1.29 is 36.2 Å². The molecule has 1 saturated heterocycles. The molecule has 6 aromatic rings. The van der Waals surface area contributed by atoms with Gasteiger partial charge in [0.15, 0.2) is 17.5 Å². The third kappa shape index (κ3) is 8.67. The minimum Gasteiger partial charge on any atom is -0.381 e. The zero-order chi connectivity index (χ0) is 35.8. The Bertz CT molecular complexity index is 2070. The van der Waals surface area contributed by atoms with Gasteiger partial charge >= 0.3 is 7.82 Å². The van der Waals surface area contributed by atoms with Crippen LogP contribution in [0.5, 0.6) is 0 Å². The average Bonchev–Trinajstić information content (AvgIpc) is 3.86. The van der Waals surface area contributed by atoms with E-state index < -0.39 is 19.2 Å². The van der Waals surface area contributed by atoms with Crippen LogP contribution in [0.2, 0.25) is 0 Å². The summed E-state index contributed by atoms with van der Waals surface area (Å²) in [6.45, 7) is 0.653. The number of benzene rings is 3. The fraction of sp³-hybridized carbons (Fsp3) is 0.243. The first kappa shape index (κ1) is 35.3. The molecule has 268 valence electrons. The summed E-state index contributed by atoms with van der Waals surface area (Å²) in [6, 6.07) is 28.2. The highest BCUT2D eigenvalue weighted by Gasteiger charge is 2.43. The molecule has 0 unspecified atom stereocenters. The van der Waals surface area contributed by atoms with Gasteiger partial charge in [-0.2, -0.15) is 5.10 Å². The molecule has 15 heteroatoms. The molecule has 4 heterocycles. The van der Waals surface area contributed by atoms with Crippen LogP contribution in [0.1, 0.15) is 29.5 Å². The van der Waals surface area contributed by atoms with Gasteiger partial charge in [-0.05, 0) is 23.3 Å². The molecule has 0 atom stereocenters. The highest BCUT2D eigenvalue weighted by atomic mass is 31.2. The van der Waals surface area contributed by atoms with Crippen LogP contribution >= 0.6 is 7.82 Å². The quantitative estimate of drug-likeness (QED) is 0.104. The molecular weight excluding hydrogens is 693 g/mol. The van der Waals surface area contributed by atoms with Crippen LogP contribution in [0.3, 0.4) is 0 Å². The van der Waals surface area contributed by atoms with Gasteiger partial charge in [-0.15, -0.1) is 0 Å². The normalized spacial score (nSPS) is 14.3. The van der Waals surface area contributed by atoms with Gasteiger partial charge in [0.1, 0.15) is 29.1 Å². The summed E-state index contributed by atoms with van der Waals surface area (Å²) in [7, 11) is -4.21. The van der Waals surface area contributed by atoms with Crippen molar-refractivity contribution in [1.29, 1.82) is 0 Å². The molecule has 1 aliphatic rings. The highest BCUT2D eigenvalue weighted by Crippen LogP contribution is 2.55. The lowest BCUT2D eigenvalue weighted by Gasteiger charge is -2.38. The Morgan fingerprint density at radius 1 is 0.846 bits per heavy atom. The topological polar surface area (TPSA) is 136 Å². The van der Waals surface area contributed by atoms with Crippen LogP contribution < -0.4 is 5.32 Å². The number of aromatic nitrogens is 5. The number of hydrogen-bond donors (Lipinski definition) is 1. The third-order valence-corrected chi connectivity index (χ3v) is 9.98. The molecule has 3 aromatic carbocycles. The van der Waals surface area contributed by atoms with Crippen molar-refractivity contribution in [2.75, 3.05) is 25.1 Å². The van der Waals surface area contributed by atoms with E-state index in [-0.39, 0.29) is 43.8 Å². The number of halogens is 2. The molecule has 0 saturated carbocycles. The maximum absolute atomic E-state index is 15.3. The molecule has 0 amide bonds. The molecular formula is C37H35F2N6O6P. The lowest BCUT2D eigenvalue weighted by atomic mass is 9.94. The van der Waals surface area contributed by atoms with Crippen LogP contribution in [0.4, 0.5) is 14.6 Å². The number of rotatable bonds is 15. The molecule has 12 nitrogen and oxygen atoms in total. The van der Waals surface area contributed by atoms with Crippen LogP contribution in [-0.4, -0.2) is 50.3 Å². The smallest absolute Gasteiger partial charge is 0.381 e. The van der Waals surface area contributed by atoms with E-state index in [1.165, 1.54) is 12.3 Å². The lowest BCUT2D eigenvalue weighted by Crippen LogP contribution is -2.44. The number of nitrogens with one attached hydrogen (secondary N) is 1. The monoisotopic (exact) mass is 728 g/mol. The van der Waals surface area contributed by atoms with E-state index in [2.05, 4.69) is 25.5 Å². The van der Waals surface area contributed by atoms with Crippen molar-refractivity contribution in [3.8, 4) is 22.9 Å². The van der Waals surface area contributed by atoms with Gasteiger partial charge in [-0.3, -0.25) is 18.3 Å². The lowest BCUT2D eigenvalue weighted by molar-refractivity contribution is -0.0613. The second kappa shape index (κ2) is 16.1. The first-order valence-corrected chi connectivity index (χ1v) is 18.1. The molecule has 0 aliphatic carbocycles. The number of anilines is 1. The summed E-state index contributed by atoms with van der Waals surface area (Å²) in [4.78, 5) is 8.65. The van der Waals surface area contributed by atoms with E-state index in [0.29, 0.717) is 48.7 Å². The van der Waals surface area contributed by atoms with E-state index in [9.17, 15) is 8.96 Å². The minimum absolute atomic E-state index is 0.0109. The van der Waals surface area contributed by atoms with Crippen molar-refractivity contribution in [2.45, 2.75) is 38.2 Å². The van der Waals surface area contributed by atoms with Crippen LogP contribution in [0, 0.1) is 11.6 Å². The summed E-state index contributed by atoms with van der Waals surface area (Å²) in [5.74, 6) is -1.14. The number of phosphoric acid groups is 1. The Kier molecular flexibility index (Phi) is 10.9. The number of hydrogen-bond acceptors (Lipinski definition) is 11. The van der Waals surface area contributed by atoms with Crippen molar-refractivity contribution in [3.05, 3.63) is 138 Å². The predicted molar refractivity (Wildman–Crippen MR) is 187 cm³/mol. The SMILES string of the molecule is O=P(OCc1ccccc1)(OCc1ccccc1)OC1(CNc2nc(-c3cc(-c4ccon4)n(Cc4ccccc4F)n3)ncc2F)CCOCC1. The van der Waals surface area contributed by atoms with Gasteiger partial charge < -0.3 is 14.6 Å². The summed E-state index contributed by atoms with van der Waals surface area (Å²) < 4.78 is 74.6. The Balaban J connectivity index is 1.13. The first-order chi connectivity index (χ1) is 25.4. The summed E-state index contributed by atoms with van der Waals surface area (Å²) in [5, 5.41) is 11.7. The second-order valence-corrected chi connectivity index (χ2v) is 13.7. The fourth-order valence-corrected chi connectivity index (χ4v) is 7.19. The molecule has 1 aliphatic heterocycles. The number of ether oxygens (including phenoxy) is 1. The van der Waals surface area contributed by atoms with E-state index in [1.54, 1.807) is 35.0 Å². The summed E-state index contributed by atoms with van der Waals surface area (Å²) >= 11 is 0. The zero-order valence-corrected chi connectivity index (χ0v) is 28.8. The number of phosphoric ester groups is 1. The second-order valence-electron chi connectivity index (χ2n) is 12.1. The standard InChI is InChI=1S/C37H35F2N6O6P/c38-30-14-8-7-13-29(30)23-45-34(32-15-18-48-44-32)21-33(43-45)36-40-22-31(39)35(42-36)41-26-37(16-19-47-20-17-37)51-52(46,49-24-27-9-3-1-4-10-27)50-25-28-11-5-2-6-12-28/h1-15,18,21-22H,16-17,19-20,23-26H2,(H,40,41,42). The zero-order valence-electron chi connectivity index (χ0n) is 27.9. The molecule has 1 fully saturated rings. The molecule has 1 N–H and O–H groups in total. The number of nitrogens with zero attached hydrogens (tertiary/aromatic N) is 5. The van der Waals surface area contributed by atoms with Crippen molar-refractivity contribution in [3.63, 3.8) is 0 Å². The van der Waals surface area contributed by atoms with Crippen LogP contribution in [0.15, 0.2) is 114 Å². The van der Waals surface area contributed by atoms with Gasteiger partial charge in [0.05, 0.1) is 31.6 Å². The van der Waals surface area contributed by atoms with Crippen molar-refractivity contribution in [1.82, 2.24) is 24.9 Å². The van der Waals surface area contributed by atoms with E-state index in [4.69, 9.17) is 22.8 Å². The minimum atomic E-state index is -4.21. The molecule has 7 rings (SSSR count). The van der Waals surface area contributed by atoms with E-state index in [1.807, 2.05) is 60.7 Å². The summed E-state index contributed by atoms with van der Waals surface area (Å²) in [6.07, 6.45) is 3.08. The van der Waals surface area contributed by atoms with Gasteiger partial charge in [-0.25, -0.2) is 23.3 Å². The molecule has 3 aromatic heterocycles. The Morgan fingerprint density at radius 3 is 2.17 bits per heavy atom. The average molecular weight is 729 g/mol. The summed E-state index contributed by atoms with van der Waals surface area (Å²) in [5.41, 5.74) is 2.11. The van der Waals surface area contributed by atoms with Gasteiger partial charge in [0.2, 0.25) is 0 Å². The maximum atomic E-state index is 15.3. The van der Waals surface area contributed by atoms with E-state index >= 15 is 4.39 Å². The van der Waals surface area contributed by atoms with Gasteiger partial charge in [-0.1, -0.05) is 84.0 Å². The maximum Gasteiger partial charge on any atom is 0.476 e. The molecule has 0 radical (unpaired) electrons. The molecule has 52 heavy (non-hydrogen) atoms. The largest absolute Gasteiger partial charge is 0.476 e. The predicted octanol–water partition coefficient (Wildman–Crippen LogP) is 7.84. The van der Waals surface area contributed by atoms with Crippen molar-refractivity contribution in [2.24, 2.45) is 0 Å². The molecule has 0 bridgehead atoms. The Hall–Kier alpha value is -5.11. The highest BCUT2D eigenvalue weighted by molar-refractivity contribution is 7.48. The van der Waals surface area contributed by atoms with Crippen LogP contribution in [0.25, 0.3) is 22.9 Å². The van der Waals surface area contributed by atoms with E-state index in [0.717, 1.165) is 17.3 Å². The van der Waals surface area contributed by atoms with Gasteiger partial charge in [0, 0.05) is 44.2 Å². The fourth-order valence-electron chi connectivity index (χ4n) is 5.67. The van der Waals surface area contributed by atoms with Crippen molar-refractivity contribution >= 4 is 13.6 Å². The van der Waals surface area contributed by atoms with Crippen LogP contribution in [-0.2, 0) is 42.6 Å². The molecule has 0 spiro atoms. The Labute approximate surface area is 298 Å². The third-order valence-electron chi connectivity index (χ3n) is 8.48. The van der Waals surface area contributed by atoms with Gasteiger partial charge in [0.25, 0.3) is 0 Å².